The van der Waals surface area contributed by atoms with Gasteiger partial charge in [0, 0.05) is 6.54 Å². The van der Waals surface area contributed by atoms with Gasteiger partial charge in [0.2, 0.25) is 5.91 Å². The van der Waals surface area contributed by atoms with Crippen molar-refractivity contribution in [3.63, 3.8) is 0 Å². The SMILES string of the molecule is CC(C)OCC(=O)NCC1(C)CCC1. The number of hydrogen-bond acceptors (Lipinski definition) is 2. The molecule has 1 aliphatic carbocycles. The molecular formula is C11H21NO2. The van der Waals surface area contributed by atoms with E-state index in [1.807, 2.05) is 13.8 Å². The largest absolute Gasteiger partial charge is 0.369 e. The van der Waals surface area contributed by atoms with Gasteiger partial charge in [-0.2, -0.15) is 0 Å². The first-order valence-electron chi connectivity index (χ1n) is 5.40. The van der Waals surface area contributed by atoms with Gasteiger partial charge in [-0.25, -0.2) is 0 Å². The molecule has 82 valence electrons. The number of carbonyl (C=O) groups excluding carboxylic acids is 1. The second kappa shape index (κ2) is 4.78. The summed E-state index contributed by atoms with van der Waals surface area (Å²) >= 11 is 0. The van der Waals surface area contributed by atoms with E-state index in [1.165, 1.54) is 19.3 Å². The lowest BCUT2D eigenvalue weighted by molar-refractivity contribution is -0.127. The van der Waals surface area contributed by atoms with Crippen LogP contribution in [0.3, 0.4) is 0 Å². The molecule has 0 aromatic rings. The molecular weight excluding hydrogens is 178 g/mol. The fourth-order valence-electron chi connectivity index (χ4n) is 1.56. The van der Waals surface area contributed by atoms with Crippen LogP contribution < -0.4 is 5.32 Å². The zero-order valence-corrected chi connectivity index (χ0v) is 9.43. The molecule has 0 aliphatic heterocycles. The van der Waals surface area contributed by atoms with Gasteiger partial charge >= 0.3 is 0 Å². The Bertz CT molecular complexity index is 197. The number of nitrogens with one attached hydrogen (secondary N) is 1. The number of hydrogen-bond donors (Lipinski definition) is 1. The Morgan fingerprint density at radius 3 is 2.57 bits per heavy atom. The van der Waals surface area contributed by atoms with Crippen LogP contribution in [-0.4, -0.2) is 25.2 Å². The molecule has 1 aliphatic rings. The Hall–Kier alpha value is -0.570. The van der Waals surface area contributed by atoms with Crippen molar-refractivity contribution < 1.29 is 9.53 Å². The van der Waals surface area contributed by atoms with Crippen LogP contribution in [0.15, 0.2) is 0 Å². The smallest absolute Gasteiger partial charge is 0.246 e. The Labute approximate surface area is 86.2 Å². The third kappa shape index (κ3) is 3.66. The monoisotopic (exact) mass is 199 g/mol. The highest BCUT2D eigenvalue weighted by Crippen LogP contribution is 2.39. The minimum atomic E-state index is 0.00632. The summed E-state index contributed by atoms with van der Waals surface area (Å²) in [7, 11) is 0. The zero-order valence-electron chi connectivity index (χ0n) is 9.43. The lowest BCUT2D eigenvalue weighted by atomic mass is 9.70. The van der Waals surface area contributed by atoms with E-state index in [-0.39, 0.29) is 18.6 Å². The summed E-state index contributed by atoms with van der Waals surface area (Å²) in [4.78, 5) is 11.3. The lowest BCUT2D eigenvalue weighted by Gasteiger charge is -2.38. The first kappa shape index (κ1) is 11.5. The van der Waals surface area contributed by atoms with Gasteiger partial charge in [0.1, 0.15) is 6.61 Å². The Morgan fingerprint density at radius 1 is 1.50 bits per heavy atom. The van der Waals surface area contributed by atoms with Crippen molar-refractivity contribution in [2.75, 3.05) is 13.2 Å². The first-order chi connectivity index (χ1) is 6.52. The molecule has 0 aromatic carbocycles. The maximum absolute atomic E-state index is 11.3. The van der Waals surface area contributed by atoms with Crippen molar-refractivity contribution in [3.05, 3.63) is 0 Å². The van der Waals surface area contributed by atoms with Crippen LogP contribution in [0.2, 0.25) is 0 Å². The Balaban J connectivity index is 2.08. The number of amides is 1. The van der Waals surface area contributed by atoms with E-state index in [0.29, 0.717) is 5.41 Å². The minimum absolute atomic E-state index is 0.00632. The number of carbonyl (C=O) groups is 1. The van der Waals surface area contributed by atoms with Crippen molar-refractivity contribution in [2.45, 2.75) is 46.1 Å². The van der Waals surface area contributed by atoms with E-state index < -0.39 is 0 Å². The normalized spacial score (nSPS) is 19.1. The van der Waals surface area contributed by atoms with Gasteiger partial charge in [-0.3, -0.25) is 4.79 Å². The highest BCUT2D eigenvalue weighted by Gasteiger charge is 2.31. The van der Waals surface area contributed by atoms with Crippen molar-refractivity contribution in [3.8, 4) is 0 Å². The average Bonchev–Trinajstić information content (AvgIpc) is 2.08. The van der Waals surface area contributed by atoms with E-state index in [1.54, 1.807) is 0 Å². The topological polar surface area (TPSA) is 38.3 Å². The summed E-state index contributed by atoms with van der Waals surface area (Å²) in [6.07, 6.45) is 3.89. The second-order valence-corrected chi connectivity index (χ2v) is 4.80. The lowest BCUT2D eigenvalue weighted by Crippen LogP contribution is -2.41. The number of rotatable bonds is 5. The molecule has 0 bridgehead atoms. The predicted octanol–water partition coefficient (Wildman–Crippen LogP) is 1.72. The Morgan fingerprint density at radius 2 is 2.14 bits per heavy atom. The highest BCUT2D eigenvalue weighted by molar-refractivity contribution is 5.77. The fraction of sp³-hybridized carbons (Fsp3) is 0.909. The average molecular weight is 199 g/mol. The molecule has 1 rings (SSSR count). The molecule has 3 heteroatoms. The minimum Gasteiger partial charge on any atom is -0.369 e. The van der Waals surface area contributed by atoms with Crippen LogP contribution in [0.1, 0.15) is 40.0 Å². The molecule has 1 N–H and O–H groups in total. The van der Waals surface area contributed by atoms with Gasteiger partial charge in [0.05, 0.1) is 6.10 Å². The van der Waals surface area contributed by atoms with E-state index in [2.05, 4.69) is 12.2 Å². The third-order valence-corrected chi connectivity index (χ3v) is 2.82. The predicted molar refractivity (Wildman–Crippen MR) is 56.1 cm³/mol. The molecule has 1 amide bonds. The van der Waals surface area contributed by atoms with Crippen LogP contribution in [0, 0.1) is 5.41 Å². The van der Waals surface area contributed by atoms with Gasteiger partial charge in [-0.1, -0.05) is 13.3 Å². The zero-order chi connectivity index (χ0) is 10.6. The van der Waals surface area contributed by atoms with Crippen molar-refractivity contribution >= 4 is 5.91 Å². The van der Waals surface area contributed by atoms with E-state index in [9.17, 15) is 4.79 Å². The quantitative estimate of drug-likeness (QED) is 0.732. The van der Waals surface area contributed by atoms with Gasteiger partial charge in [-0.05, 0) is 32.1 Å². The Kier molecular flexibility index (Phi) is 3.93. The molecule has 1 fully saturated rings. The van der Waals surface area contributed by atoms with Gasteiger partial charge in [0.25, 0.3) is 0 Å². The molecule has 0 radical (unpaired) electrons. The fourth-order valence-corrected chi connectivity index (χ4v) is 1.56. The molecule has 14 heavy (non-hydrogen) atoms. The standard InChI is InChI=1S/C11H21NO2/c1-9(2)14-7-10(13)12-8-11(3)5-4-6-11/h9H,4-8H2,1-3H3,(H,12,13). The molecule has 3 nitrogen and oxygen atoms in total. The summed E-state index contributed by atoms with van der Waals surface area (Å²) in [6.45, 7) is 7.07. The van der Waals surface area contributed by atoms with Crippen molar-refractivity contribution in [1.29, 1.82) is 0 Å². The summed E-state index contributed by atoms with van der Waals surface area (Å²) in [6, 6.07) is 0. The third-order valence-electron chi connectivity index (χ3n) is 2.82. The van der Waals surface area contributed by atoms with E-state index >= 15 is 0 Å². The molecule has 0 unspecified atom stereocenters. The van der Waals surface area contributed by atoms with E-state index in [4.69, 9.17) is 4.74 Å². The molecule has 0 aromatic heterocycles. The van der Waals surface area contributed by atoms with Crippen molar-refractivity contribution in [2.24, 2.45) is 5.41 Å². The van der Waals surface area contributed by atoms with Gasteiger partial charge in [0.15, 0.2) is 0 Å². The molecule has 0 saturated heterocycles. The summed E-state index contributed by atoms with van der Waals surface area (Å²) < 4.78 is 5.21. The second-order valence-electron chi connectivity index (χ2n) is 4.80. The number of ether oxygens (including phenoxy) is 1. The summed E-state index contributed by atoms with van der Waals surface area (Å²) in [5, 5.41) is 2.92. The molecule has 1 saturated carbocycles. The first-order valence-corrected chi connectivity index (χ1v) is 5.40. The van der Waals surface area contributed by atoms with Crippen LogP contribution in [0.25, 0.3) is 0 Å². The van der Waals surface area contributed by atoms with Crippen LogP contribution in [0.5, 0.6) is 0 Å². The van der Waals surface area contributed by atoms with E-state index in [0.717, 1.165) is 6.54 Å². The van der Waals surface area contributed by atoms with Crippen molar-refractivity contribution in [1.82, 2.24) is 5.32 Å². The molecule has 0 atom stereocenters. The maximum Gasteiger partial charge on any atom is 0.246 e. The molecule has 0 spiro atoms. The van der Waals surface area contributed by atoms with Crippen LogP contribution >= 0.6 is 0 Å². The molecule has 0 heterocycles. The van der Waals surface area contributed by atoms with Gasteiger partial charge < -0.3 is 10.1 Å². The van der Waals surface area contributed by atoms with Gasteiger partial charge in [-0.15, -0.1) is 0 Å². The maximum atomic E-state index is 11.3. The summed E-state index contributed by atoms with van der Waals surface area (Å²) in [5.41, 5.74) is 0.355. The van der Waals surface area contributed by atoms with Crippen LogP contribution in [0.4, 0.5) is 0 Å². The summed E-state index contributed by atoms with van der Waals surface area (Å²) in [5.74, 6) is 0.00632. The highest BCUT2D eigenvalue weighted by atomic mass is 16.5. The van der Waals surface area contributed by atoms with Crippen LogP contribution in [-0.2, 0) is 9.53 Å².